The second kappa shape index (κ2) is 13.7. The Bertz CT molecular complexity index is 3990. The molecule has 0 saturated heterocycles. The Morgan fingerprint density at radius 3 is 1.49 bits per heavy atom. The summed E-state index contributed by atoms with van der Waals surface area (Å²) in [7, 11) is 0. The number of aromatic nitrogens is 3. The molecular formula is C58H32N4O. The zero-order valence-electron chi connectivity index (χ0n) is 33.7. The van der Waals surface area contributed by atoms with Gasteiger partial charge in [-0.05, 0) is 118 Å². The minimum atomic E-state index is 0.566. The summed E-state index contributed by atoms with van der Waals surface area (Å²) >= 11 is 0. The van der Waals surface area contributed by atoms with Gasteiger partial charge in [-0.15, -0.1) is 0 Å². The quantitative estimate of drug-likeness (QED) is 0.162. The van der Waals surface area contributed by atoms with Crippen molar-refractivity contribution in [3.05, 3.63) is 200 Å². The van der Waals surface area contributed by atoms with Crippen molar-refractivity contribution in [2.45, 2.75) is 0 Å². The molecule has 0 amide bonds. The maximum atomic E-state index is 9.44. The minimum absolute atomic E-state index is 0.566. The molecule has 0 unspecified atom stereocenters. The lowest BCUT2D eigenvalue weighted by molar-refractivity contribution is 0.631. The molecule has 0 saturated carbocycles. The summed E-state index contributed by atoms with van der Waals surface area (Å²) in [6, 6.07) is 70.0. The lowest BCUT2D eigenvalue weighted by Crippen LogP contribution is -2.00. The van der Waals surface area contributed by atoms with Gasteiger partial charge in [0.15, 0.2) is 17.5 Å². The Hall–Kier alpha value is -8.72. The molecule has 63 heavy (non-hydrogen) atoms. The number of hydrogen-bond donors (Lipinski definition) is 0. The van der Waals surface area contributed by atoms with Gasteiger partial charge in [0.25, 0.3) is 0 Å². The fourth-order valence-corrected chi connectivity index (χ4v) is 9.66. The van der Waals surface area contributed by atoms with Gasteiger partial charge in [-0.1, -0.05) is 152 Å². The van der Waals surface area contributed by atoms with Gasteiger partial charge in [0.05, 0.1) is 11.6 Å². The van der Waals surface area contributed by atoms with Gasteiger partial charge in [-0.3, -0.25) is 0 Å². The SMILES string of the molecule is N#Cc1ccc(-c2cccc(-c3nc(-c4ccc(-c5cc6ccccc6o5)cc4)nc(-c4cc5ccc6cccc7c8cccc9ccc%10cccc(c(c4)c5c67)c%10c98)n3)c2)cc1. The lowest BCUT2D eigenvalue weighted by Gasteiger charge is -2.17. The molecule has 0 fully saturated rings. The van der Waals surface area contributed by atoms with E-state index in [1.54, 1.807) is 0 Å². The second-order valence-corrected chi connectivity index (χ2v) is 16.3. The molecule has 0 spiro atoms. The van der Waals surface area contributed by atoms with E-state index in [1.807, 2.05) is 54.6 Å². The number of rotatable bonds is 5. The fourth-order valence-electron chi connectivity index (χ4n) is 9.66. The molecule has 5 nitrogen and oxygen atoms in total. The number of fused-ring (bicyclic) bond motifs is 3. The van der Waals surface area contributed by atoms with Crippen LogP contribution in [0.3, 0.4) is 0 Å². The van der Waals surface area contributed by atoms with Crippen molar-refractivity contribution in [2.75, 3.05) is 0 Å². The molecule has 2 aromatic heterocycles. The van der Waals surface area contributed by atoms with E-state index in [0.29, 0.717) is 23.0 Å². The van der Waals surface area contributed by atoms with Crippen LogP contribution in [0.4, 0.5) is 0 Å². The molecule has 0 bridgehead atoms. The van der Waals surface area contributed by atoms with Gasteiger partial charge in [0, 0.05) is 27.6 Å². The first-order valence-corrected chi connectivity index (χ1v) is 21.1. The predicted molar refractivity (Wildman–Crippen MR) is 258 cm³/mol. The van der Waals surface area contributed by atoms with E-state index in [-0.39, 0.29) is 0 Å². The fraction of sp³-hybridized carbons (Fsp3) is 0. The topological polar surface area (TPSA) is 75.6 Å². The molecule has 0 atom stereocenters. The van der Waals surface area contributed by atoms with Gasteiger partial charge in [0.1, 0.15) is 11.3 Å². The smallest absolute Gasteiger partial charge is 0.164 e. The largest absolute Gasteiger partial charge is 0.456 e. The van der Waals surface area contributed by atoms with E-state index < -0.39 is 0 Å². The number of para-hydroxylation sites is 1. The molecule has 13 rings (SSSR count). The third-order valence-electron chi connectivity index (χ3n) is 12.6. The van der Waals surface area contributed by atoms with E-state index in [9.17, 15) is 5.26 Å². The van der Waals surface area contributed by atoms with Gasteiger partial charge in [-0.25, -0.2) is 15.0 Å². The molecule has 5 heteroatoms. The van der Waals surface area contributed by atoms with Crippen LogP contribution in [0.5, 0.6) is 0 Å². The summed E-state index contributed by atoms with van der Waals surface area (Å²) in [5.41, 5.74) is 7.08. The molecule has 11 aromatic carbocycles. The standard InChI is InChI=1S/C58H32N4O/c59-33-34-17-19-35(20-18-34)41-11-3-12-44(29-41)57-60-56(40-26-21-36(22-27-40)51-32-42-7-1-2-16-50(42)63-51)61-58(62-57)45-30-43-28-25-39-9-5-14-47-46-13-4-8-37-23-24-38-10-6-15-48(54(38)52(37)46)49(31-45)55(43)53(39)47/h1-32H. The average Bonchev–Trinajstić information content (AvgIpc) is 3.79. The maximum absolute atomic E-state index is 9.44. The Balaban J connectivity index is 1.06. The number of nitriles is 1. The van der Waals surface area contributed by atoms with Crippen molar-refractivity contribution in [3.8, 4) is 62.7 Å². The molecular weight excluding hydrogens is 769 g/mol. The summed E-state index contributed by atoms with van der Waals surface area (Å²) in [5.74, 6) is 2.52. The normalized spacial score (nSPS) is 11.8. The third kappa shape index (κ3) is 5.59. The van der Waals surface area contributed by atoms with Crippen molar-refractivity contribution >= 4 is 75.6 Å². The van der Waals surface area contributed by atoms with Crippen LogP contribution in [0.15, 0.2) is 199 Å². The monoisotopic (exact) mass is 800 g/mol. The van der Waals surface area contributed by atoms with E-state index in [2.05, 4.69) is 146 Å². The van der Waals surface area contributed by atoms with Crippen LogP contribution in [-0.4, -0.2) is 15.0 Å². The van der Waals surface area contributed by atoms with Crippen LogP contribution >= 0.6 is 0 Å². The molecule has 13 aromatic rings. The van der Waals surface area contributed by atoms with Crippen molar-refractivity contribution in [1.29, 1.82) is 5.26 Å². The second-order valence-electron chi connectivity index (χ2n) is 16.3. The van der Waals surface area contributed by atoms with Gasteiger partial charge in [0.2, 0.25) is 0 Å². The highest BCUT2D eigenvalue weighted by Gasteiger charge is 2.19. The first-order valence-electron chi connectivity index (χ1n) is 21.1. The Labute approximate surface area is 361 Å². The van der Waals surface area contributed by atoms with Crippen molar-refractivity contribution < 1.29 is 4.42 Å². The van der Waals surface area contributed by atoms with Crippen LogP contribution < -0.4 is 0 Å². The zero-order valence-corrected chi connectivity index (χ0v) is 33.7. The molecule has 290 valence electrons. The summed E-state index contributed by atoms with van der Waals surface area (Å²) in [4.78, 5) is 15.8. The maximum Gasteiger partial charge on any atom is 0.164 e. The molecule has 0 radical (unpaired) electrons. The Morgan fingerprint density at radius 1 is 0.333 bits per heavy atom. The van der Waals surface area contributed by atoms with Crippen LogP contribution in [-0.2, 0) is 0 Å². The lowest BCUT2D eigenvalue weighted by atomic mass is 9.87. The third-order valence-corrected chi connectivity index (χ3v) is 12.6. The van der Waals surface area contributed by atoms with E-state index in [1.165, 1.54) is 53.9 Å². The summed E-state index contributed by atoms with van der Waals surface area (Å²) < 4.78 is 6.22. The summed E-state index contributed by atoms with van der Waals surface area (Å²) in [5, 5.41) is 25.0. The first-order chi connectivity index (χ1) is 31.1. The molecule has 0 aliphatic carbocycles. The van der Waals surface area contributed by atoms with Crippen LogP contribution in [0.1, 0.15) is 5.56 Å². The highest BCUT2D eigenvalue weighted by molar-refractivity contribution is 6.37. The van der Waals surface area contributed by atoms with E-state index in [4.69, 9.17) is 19.4 Å². The van der Waals surface area contributed by atoms with Gasteiger partial charge in [-0.2, -0.15) is 5.26 Å². The zero-order chi connectivity index (χ0) is 41.6. The van der Waals surface area contributed by atoms with E-state index in [0.717, 1.165) is 60.9 Å². The highest BCUT2D eigenvalue weighted by atomic mass is 16.3. The first kappa shape index (κ1) is 35.1. The predicted octanol–water partition coefficient (Wildman–Crippen LogP) is 15.2. The summed E-state index contributed by atoms with van der Waals surface area (Å²) in [6.45, 7) is 0. The van der Waals surface area contributed by atoms with Crippen molar-refractivity contribution in [1.82, 2.24) is 15.0 Å². The van der Waals surface area contributed by atoms with Crippen LogP contribution in [0.25, 0.3) is 132 Å². The Kier molecular flexibility index (Phi) is 7.60. The highest BCUT2D eigenvalue weighted by Crippen LogP contribution is 2.44. The number of furan rings is 1. The van der Waals surface area contributed by atoms with Crippen LogP contribution in [0, 0.1) is 11.3 Å². The van der Waals surface area contributed by atoms with Crippen LogP contribution in [0.2, 0.25) is 0 Å². The minimum Gasteiger partial charge on any atom is -0.456 e. The number of benzene rings is 10. The molecule has 0 N–H and O–H groups in total. The number of nitrogens with zero attached hydrogens (tertiary/aromatic N) is 4. The molecule has 2 heterocycles. The van der Waals surface area contributed by atoms with Crippen molar-refractivity contribution in [3.63, 3.8) is 0 Å². The van der Waals surface area contributed by atoms with Crippen molar-refractivity contribution in [2.24, 2.45) is 0 Å². The summed E-state index contributed by atoms with van der Waals surface area (Å²) in [6.07, 6.45) is 0. The van der Waals surface area contributed by atoms with Gasteiger partial charge >= 0.3 is 0 Å². The average molecular weight is 801 g/mol. The number of hydrogen-bond acceptors (Lipinski definition) is 5. The molecule has 0 aliphatic heterocycles. The van der Waals surface area contributed by atoms with E-state index >= 15 is 0 Å². The molecule has 0 aliphatic rings. The Morgan fingerprint density at radius 2 is 0.841 bits per heavy atom. The van der Waals surface area contributed by atoms with Gasteiger partial charge < -0.3 is 4.42 Å².